The lowest BCUT2D eigenvalue weighted by molar-refractivity contribution is 0.0944. The van der Waals surface area contributed by atoms with Gasteiger partial charge in [-0.3, -0.25) is 9.89 Å². The Morgan fingerprint density at radius 1 is 1.53 bits per heavy atom. The van der Waals surface area contributed by atoms with E-state index in [1.54, 1.807) is 6.20 Å². The van der Waals surface area contributed by atoms with Crippen LogP contribution in [0.1, 0.15) is 26.8 Å². The van der Waals surface area contributed by atoms with Crippen LogP contribution < -0.4 is 10.6 Å². The smallest absolute Gasteiger partial charge is 0.272 e. The standard InChI is InChI=1S/C11H13N5OS.ClH/c17-11(14-6-9-13-3-4-18-9)10-7-5-12-2-1-8(7)15-16-10;/h3-4,12H,1-2,5-6H2,(H,14,17)(H,15,16);1H. The van der Waals surface area contributed by atoms with E-state index in [2.05, 4.69) is 25.8 Å². The number of aromatic amines is 1. The molecule has 0 spiro atoms. The minimum atomic E-state index is -0.147. The molecule has 0 saturated carbocycles. The molecule has 3 rings (SSSR count). The fraction of sp³-hybridized carbons (Fsp3) is 0.364. The van der Waals surface area contributed by atoms with Crippen LogP contribution >= 0.6 is 23.7 Å². The summed E-state index contributed by atoms with van der Waals surface area (Å²) < 4.78 is 0. The molecule has 0 saturated heterocycles. The molecule has 1 amide bonds. The van der Waals surface area contributed by atoms with Gasteiger partial charge in [0.05, 0.1) is 6.54 Å². The molecule has 3 heterocycles. The van der Waals surface area contributed by atoms with Crippen molar-refractivity contribution in [1.82, 2.24) is 25.8 Å². The molecule has 3 N–H and O–H groups in total. The van der Waals surface area contributed by atoms with Gasteiger partial charge in [0.1, 0.15) is 5.01 Å². The summed E-state index contributed by atoms with van der Waals surface area (Å²) in [4.78, 5) is 16.1. The SMILES string of the molecule is Cl.O=C(NCc1nccs1)c1n[nH]c2c1CNCC2. The van der Waals surface area contributed by atoms with Gasteiger partial charge >= 0.3 is 0 Å². The van der Waals surface area contributed by atoms with Crippen molar-refractivity contribution < 1.29 is 4.79 Å². The Bertz CT molecular complexity index is 553. The number of thiazole rings is 1. The third kappa shape index (κ3) is 2.94. The number of hydrogen-bond acceptors (Lipinski definition) is 5. The zero-order chi connectivity index (χ0) is 12.4. The van der Waals surface area contributed by atoms with E-state index in [4.69, 9.17) is 0 Å². The summed E-state index contributed by atoms with van der Waals surface area (Å²) in [5.74, 6) is -0.147. The van der Waals surface area contributed by atoms with E-state index in [0.29, 0.717) is 18.8 Å². The number of hydrogen-bond donors (Lipinski definition) is 3. The van der Waals surface area contributed by atoms with Crippen LogP contribution in [0.5, 0.6) is 0 Å². The van der Waals surface area contributed by atoms with E-state index < -0.39 is 0 Å². The Labute approximate surface area is 120 Å². The molecule has 1 aliphatic heterocycles. The summed E-state index contributed by atoms with van der Waals surface area (Å²) >= 11 is 1.52. The minimum absolute atomic E-state index is 0. The van der Waals surface area contributed by atoms with E-state index in [-0.39, 0.29) is 18.3 Å². The van der Waals surface area contributed by atoms with Crippen molar-refractivity contribution in [2.24, 2.45) is 0 Å². The highest BCUT2D eigenvalue weighted by atomic mass is 35.5. The van der Waals surface area contributed by atoms with Gasteiger partial charge in [-0.05, 0) is 0 Å². The quantitative estimate of drug-likeness (QED) is 0.785. The largest absolute Gasteiger partial charge is 0.344 e. The first kappa shape index (κ1) is 14.0. The van der Waals surface area contributed by atoms with Crippen LogP contribution in [-0.4, -0.2) is 27.6 Å². The minimum Gasteiger partial charge on any atom is -0.344 e. The van der Waals surface area contributed by atoms with Crippen LogP contribution in [-0.2, 0) is 19.5 Å². The van der Waals surface area contributed by atoms with Crippen molar-refractivity contribution in [2.75, 3.05) is 6.54 Å². The third-order valence-electron chi connectivity index (χ3n) is 2.91. The van der Waals surface area contributed by atoms with Crippen molar-refractivity contribution in [3.05, 3.63) is 33.5 Å². The maximum atomic E-state index is 12.0. The van der Waals surface area contributed by atoms with E-state index in [9.17, 15) is 4.79 Å². The van der Waals surface area contributed by atoms with Crippen LogP contribution in [0.3, 0.4) is 0 Å². The first-order valence-electron chi connectivity index (χ1n) is 5.78. The Balaban J connectivity index is 0.00000133. The predicted octanol–water partition coefficient (Wildman–Crippen LogP) is 0.864. The molecular formula is C11H14ClN5OS. The summed E-state index contributed by atoms with van der Waals surface area (Å²) in [6, 6.07) is 0. The molecule has 6 nitrogen and oxygen atoms in total. The summed E-state index contributed by atoms with van der Waals surface area (Å²) in [5, 5.41) is 15.9. The zero-order valence-electron chi connectivity index (χ0n) is 10.1. The highest BCUT2D eigenvalue weighted by molar-refractivity contribution is 7.09. The monoisotopic (exact) mass is 299 g/mol. The lowest BCUT2D eigenvalue weighted by Gasteiger charge is -2.12. The van der Waals surface area contributed by atoms with Gasteiger partial charge in [-0.15, -0.1) is 23.7 Å². The molecule has 0 atom stereocenters. The molecule has 0 bridgehead atoms. The Hall–Kier alpha value is -1.44. The fourth-order valence-corrected chi connectivity index (χ4v) is 2.55. The first-order chi connectivity index (χ1) is 8.84. The number of amides is 1. The van der Waals surface area contributed by atoms with Crippen LogP contribution in [0.25, 0.3) is 0 Å². The molecule has 0 fully saturated rings. The van der Waals surface area contributed by atoms with Gasteiger partial charge in [0.2, 0.25) is 0 Å². The average Bonchev–Trinajstić information content (AvgIpc) is 3.05. The molecule has 102 valence electrons. The number of H-pyrrole nitrogens is 1. The number of aromatic nitrogens is 3. The van der Waals surface area contributed by atoms with Gasteiger partial charge < -0.3 is 10.6 Å². The lowest BCUT2D eigenvalue weighted by Crippen LogP contribution is -2.28. The third-order valence-corrected chi connectivity index (χ3v) is 3.68. The number of nitrogens with one attached hydrogen (secondary N) is 3. The van der Waals surface area contributed by atoms with Crippen molar-refractivity contribution >= 4 is 29.7 Å². The number of rotatable bonds is 3. The second kappa shape index (κ2) is 6.14. The molecule has 0 unspecified atom stereocenters. The normalized spacial score (nSPS) is 13.5. The van der Waals surface area contributed by atoms with E-state index >= 15 is 0 Å². The van der Waals surface area contributed by atoms with E-state index in [0.717, 1.165) is 29.2 Å². The number of nitrogens with zero attached hydrogens (tertiary/aromatic N) is 2. The predicted molar refractivity (Wildman–Crippen MR) is 74.5 cm³/mol. The second-order valence-corrected chi connectivity index (χ2v) is 5.04. The van der Waals surface area contributed by atoms with Gasteiger partial charge in [0.25, 0.3) is 5.91 Å². The highest BCUT2D eigenvalue weighted by Gasteiger charge is 2.21. The van der Waals surface area contributed by atoms with Crippen molar-refractivity contribution in [1.29, 1.82) is 0 Å². The summed E-state index contributed by atoms with van der Waals surface area (Å²) in [5.41, 5.74) is 2.54. The van der Waals surface area contributed by atoms with Crippen molar-refractivity contribution in [2.45, 2.75) is 19.5 Å². The summed E-state index contributed by atoms with van der Waals surface area (Å²) in [6.45, 7) is 2.08. The number of carbonyl (C=O) groups excluding carboxylic acids is 1. The summed E-state index contributed by atoms with van der Waals surface area (Å²) in [6.07, 6.45) is 2.62. The molecule has 2 aromatic heterocycles. The van der Waals surface area contributed by atoms with E-state index in [1.165, 1.54) is 11.3 Å². The summed E-state index contributed by atoms with van der Waals surface area (Å²) in [7, 11) is 0. The Morgan fingerprint density at radius 3 is 3.21 bits per heavy atom. The van der Waals surface area contributed by atoms with E-state index in [1.807, 2.05) is 5.38 Å². The van der Waals surface area contributed by atoms with Crippen molar-refractivity contribution in [3.63, 3.8) is 0 Å². The molecule has 19 heavy (non-hydrogen) atoms. The first-order valence-corrected chi connectivity index (χ1v) is 6.66. The molecule has 0 radical (unpaired) electrons. The maximum Gasteiger partial charge on any atom is 0.272 e. The molecule has 0 aliphatic carbocycles. The van der Waals surface area contributed by atoms with Crippen LogP contribution in [0.2, 0.25) is 0 Å². The number of halogens is 1. The maximum absolute atomic E-state index is 12.0. The van der Waals surface area contributed by atoms with Gasteiger partial charge in [-0.25, -0.2) is 4.98 Å². The van der Waals surface area contributed by atoms with Crippen LogP contribution in [0.4, 0.5) is 0 Å². The molecular weight excluding hydrogens is 286 g/mol. The average molecular weight is 300 g/mol. The number of carbonyl (C=O) groups is 1. The zero-order valence-corrected chi connectivity index (χ0v) is 11.7. The lowest BCUT2D eigenvalue weighted by atomic mass is 10.1. The fourth-order valence-electron chi connectivity index (χ4n) is 1.99. The highest BCUT2D eigenvalue weighted by Crippen LogP contribution is 2.15. The van der Waals surface area contributed by atoms with Crippen LogP contribution in [0.15, 0.2) is 11.6 Å². The van der Waals surface area contributed by atoms with Gasteiger partial charge in [-0.1, -0.05) is 0 Å². The van der Waals surface area contributed by atoms with Gasteiger partial charge in [-0.2, -0.15) is 5.10 Å². The molecule has 8 heteroatoms. The van der Waals surface area contributed by atoms with Crippen molar-refractivity contribution in [3.8, 4) is 0 Å². The Morgan fingerprint density at radius 2 is 2.42 bits per heavy atom. The topological polar surface area (TPSA) is 82.7 Å². The molecule has 0 aromatic carbocycles. The Kier molecular flexibility index (Phi) is 4.52. The van der Waals surface area contributed by atoms with Crippen LogP contribution in [0, 0.1) is 0 Å². The second-order valence-electron chi connectivity index (χ2n) is 4.06. The van der Waals surface area contributed by atoms with Gasteiger partial charge in [0.15, 0.2) is 5.69 Å². The molecule has 1 aliphatic rings. The molecule has 2 aromatic rings. The number of fused-ring (bicyclic) bond motifs is 1. The van der Waals surface area contributed by atoms with Gasteiger partial charge in [0, 0.05) is 42.3 Å².